The smallest absolute Gasteiger partial charge is 0.0316 e. The largest absolute Gasteiger partial charge is 0.316 e. The zero-order chi connectivity index (χ0) is 12.1. The van der Waals surface area contributed by atoms with Crippen LogP contribution >= 0.6 is 0 Å². The van der Waals surface area contributed by atoms with Crippen molar-refractivity contribution in [1.82, 2.24) is 10.2 Å². The van der Waals surface area contributed by atoms with Crippen LogP contribution in [0.2, 0.25) is 0 Å². The molecule has 2 nitrogen and oxygen atoms in total. The molecule has 94 valence electrons. The van der Waals surface area contributed by atoms with E-state index in [0.29, 0.717) is 6.04 Å². The quantitative estimate of drug-likeness (QED) is 0.858. The van der Waals surface area contributed by atoms with Crippen LogP contribution in [0.4, 0.5) is 0 Å². The molecule has 1 fully saturated rings. The lowest BCUT2D eigenvalue weighted by molar-refractivity contribution is 0.199. The summed E-state index contributed by atoms with van der Waals surface area (Å²) >= 11 is 0. The van der Waals surface area contributed by atoms with E-state index < -0.39 is 0 Å². The zero-order valence-electron chi connectivity index (χ0n) is 11.0. The van der Waals surface area contributed by atoms with Gasteiger partial charge >= 0.3 is 0 Å². The van der Waals surface area contributed by atoms with Crippen molar-refractivity contribution < 1.29 is 0 Å². The topological polar surface area (TPSA) is 15.3 Å². The first-order valence-electron chi connectivity index (χ1n) is 6.73. The van der Waals surface area contributed by atoms with Crippen molar-refractivity contribution in [3.05, 3.63) is 35.9 Å². The van der Waals surface area contributed by atoms with Crippen molar-refractivity contribution in [3.63, 3.8) is 0 Å². The van der Waals surface area contributed by atoms with E-state index in [1.165, 1.54) is 38.0 Å². The molecule has 1 heterocycles. The van der Waals surface area contributed by atoms with E-state index in [-0.39, 0.29) is 0 Å². The van der Waals surface area contributed by atoms with Crippen molar-refractivity contribution in [3.8, 4) is 0 Å². The van der Waals surface area contributed by atoms with Crippen LogP contribution in [0.3, 0.4) is 0 Å². The normalized spacial score (nSPS) is 22.6. The average molecular weight is 232 g/mol. The Hall–Kier alpha value is -0.860. The first-order valence-corrected chi connectivity index (χ1v) is 6.73. The van der Waals surface area contributed by atoms with Gasteiger partial charge in [0.15, 0.2) is 0 Å². The Labute approximate surface area is 105 Å². The molecule has 0 bridgehead atoms. The monoisotopic (exact) mass is 232 g/mol. The van der Waals surface area contributed by atoms with Gasteiger partial charge < -0.3 is 5.32 Å². The van der Waals surface area contributed by atoms with Crippen LogP contribution in [-0.2, 0) is 0 Å². The predicted octanol–water partition coefficient (Wildman–Crippen LogP) is 2.68. The summed E-state index contributed by atoms with van der Waals surface area (Å²) in [5.41, 5.74) is 1.42. The fourth-order valence-electron chi connectivity index (χ4n) is 2.63. The summed E-state index contributed by atoms with van der Waals surface area (Å²) in [5.74, 6) is 0.819. The molecule has 2 heteroatoms. The van der Waals surface area contributed by atoms with Gasteiger partial charge in [0.1, 0.15) is 0 Å². The lowest BCUT2D eigenvalue weighted by Crippen LogP contribution is -2.37. The van der Waals surface area contributed by atoms with Crippen molar-refractivity contribution in [1.29, 1.82) is 0 Å². The highest BCUT2D eigenvalue weighted by Crippen LogP contribution is 2.21. The highest BCUT2D eigenvalue weighted by Gasteiger charge is 2.18. The molecule has 1 aliphatic heterocycles. The van der Waals surface area contributed by atoms with Gasteiger partial charge in [-0.3, -0.25) is 4.90 Å². The molecular weight excluding hydrogens is 208 g/mol. The van der Waals surface area contributed by atoms with Crippen LogP contribution < -0.4 is 5.32 Å². The second-order valence-electron chi connectivity index (χ2n) is 5.24. The van der Waals surface area contributed by atoms with Gasteiger partial charge in [-0.05, 0) is 51.4 Å². The molecule has 0 aliphatic carbocycles. The van der Waals surface area contributed by atoms with Crippen LogP contribution in [0, 0.1) is 5.92 Å². The van der Waals surface area contributed by atoms with Crippen molar-refractivity contribution >= 4 is 0 Å². The molecule has 1 aromatic rings. The molecule has 1 N–H and O–H groups in total. The Morgan fingerprint density at radius 2 is 2.12 bits per heavy atom. The predicted molar refractivity (Wildman–Crippen MR) is 73.1 cm³/mol. The lowest BCUT2D eigenvalue weighted by atomic mass is 9.98. The summed E-state index contributed by atoms with van der Waals surface area (Å²) in [5, 5.41) is 3.49. The number of nitrogens with zero attached hydrogens (tertiary/aromatic N) is 1. The number of hydrogen-bond acceptors (Lipinski definition) is 2. The summed E-state index contributed by atoms with van der Waals surface area (Å²) in [6, 6.07) is 11.3. The maximum Gasteiger partial charge on any atom is 0.0316 e. The SMILES string of the molecule is CC(c1ccccc1)N(C)CC1CCCNC1. The molecule has 2 rings (SSSR count). The van der Waals surface area contributed by atoms with Crippen molar-refractivity contribution in [2.24, 2.45) is 5.92 Å². The third kappa shape index (κ3) is 3.55. The van der Waals surface area contributed by atoms with Gasteiger partial charge in [0.25, 0.3) is 0 Å². The molecule has 17 heavy (non-hydrogen) atoms. The Morgan fingerprint density at radius 1 is 1.35 bits per heavy atom. The molecule has 1 aliphatic rings. The minimum absolute atomic E-state index is 0.512. The Kier molecular flexibility index (Phi) is 4.57. The minimum Gasteiger partial charge on any atom is -0.316 e. The third-order valence-electron chi connectivity index (χ3n) is 3.89. The van der Waals surface area contributed by atoms with E-state index >= 15 is 0 Å². The van der Waals surface area contributed by atoms with E-state index in [9.17, 15) is 0 Å². The first kappa shape index (κ1) is 12.6. The molecule has 0 saturated carbocycles. The van der Waals surface area contributed by atoms with Crippen LogP contribution in [0.15, 0.2) is 30.3 Å². The molecule has 2 unspecified atom stereocenters. The second-order valence-corrected chi connectivity index (χ2v) is 5.24. The van der Waals surface area contributed by atoms with Crippen molar-refractivity contribution in [2.75, 3.05) is 26.7 Å². The summed E-state index contributed by atoms with van der Waals surface area (Å²) < 4.78 is 0. The highest BCUT2D eigenvalue weighted by atomic mass is 15.1. The fraction of sp³-hybridized carbons (Fsp3) is 0.600. The van der Waals surface area contributed by atoms with Gasteiger partial charge in [-0.25, -0.2) is 0 Å². The molecule has 0 aromatic heterocycles. The summed E-state index contributed by atoms with van der Waals surface area (Å²) in [4.78, 5) is 2.48. The summed E-state index contributed by atoms with van der Waals surface area (Å²) in [6.07, 6.45) is 2.71. The number of hydrogen-bond donors (Lipinski definition) is 1. The third-order valence-corrected chi connectivity index (χ3v) is 3.89. The van der Waals surface area contributed by atoms with Gasteiger partial charge in [-0.2, -0.15) is 0 Å². The van der Waals surface area contributed by atoms with Crippen LogP contribution in [-0.4, -0.2) is 31.6 Å². The molecule has 0 amide bonds. The van der Waals surface area contributed by atoms with E-state index in [0.717, 1.165) is 5.92 Å². The average Bonchev–Trinajstić information content (AvgIpc) is 2.40. The highest BCUT2D eigenvalue weighted by molar-refractivity contribution is 5.18. The van der Waals surface area contributed by atoms with E-state index in [1.54, 1.807) is 0 Å². The van der Waals surface area contributed by atoms with Gasteiger partial charge in [0.05, 0.1) is 0 Å². The Balaban J connectivity index is 1.88. The Morgan fingerprint density at radius 3 is 2.76 bits per heavy atom. The fourth-order valence-corrected chi connectivity index (χ4v) is 2.63. The number of nitrogens with one attached hydrogen (secondary N) is 1. The maximum atomic E-state index is 3.49. The molecule has 1 saturated heterocycles. The molecule has 2 atom stereocenters. The standard InChI is InChI=1S/C15H24N2/c1-13(15-8-4-3-5-9-15)17(2)12-14-7-6-10-16-11-14/h3-5,8-9,13-14,16H,6-7,10-12H2,1-2H3. The molecular formula is C15H24N2. The summed E-state index contributed by atoms with van der Waals surface area (Å²) in [6.45, 7) is 5.88. The minimum atomic E-state index is 0.512. The van der Waals surface area contributed by atoms with Gasteiger partial charge in [0.2, 0.25) is 0 Å². The molecule has 0 radical (unpaired) electrons. The maximum absolute atomic E-state index is 3.49. The van der Waals surface area contributed by atoms with Crippen molar-refractivity contribution in [2.45, 2.75) is 25.8 Å². The number of rotatable bonds is 4. The Bertz CT molecular complexity index is 317. The van der Waals surface area contributed by atoms with Gasteiger partial charge in [-0.15, -0.1) is 0 Å². The number of benzene rings is 1. The molecule has 0 spiro atoms. The lowest BCUT2D eigenvalue weighted by Gasteiger charge is -2.31. The van der Waals surface area contributed by atoms with Crippen LogP contribution in [0.5, 0.6) is 0 Å². The van der Waals surface area contributed by atoms with Gasteiger partial charge in [-0.1, -0.05) is 30.3 Å². The van der Waals surface area contributed by atoms with E-state index in [4.69, 9.17) is 0 Å². The zero-order valence-corrected chi connectivity index (χ0v) is 11.0. The molecule has 1 aromatic carbocycles. The van der Waals surface area contributed by atoms with E-state index in [2.05, 4.69) is 54.5 Å². The summed E-state index contributed by atoms with van der Waals surface area (Å²) in [7, 11) is 2.24. The van der Waals surface area contributed by atoms with Crippen LogP contribution in [0.1, 0.15) is 31.4 Å². The van der Waals surface area contributed by atoms with E-state index in [1.807, 2.05) is 0 Å². The second kappa shape index (κ2) is 6.18. The number of piperidine rings is 1. The van der Waals surface area contributed by atoms with Crippen LogP contribution in [0.25, 0.3) is 0 Å². The first-order chi connectivity index (χ1) is 8.27. The van der Waals surface area contributed by atoms with Gasteiger partial charge in [0, 0.05) is 12.6 Å².